The van der Waals surface area contributed by atoms with Crippen molar-refractivity contribution in [2.45, 2.75) is 6.54 Å². The van der Waals surface area contributed by atoms with Crippen molar-refractivity contribution in [3.63, 3.8) is 0 Å². The molecule has 0 aliphatic carbocycles. The van der Waals surface area contributed by atoms with Crippen LogP contribution >= 0.6 is 0 Å². The van der Waals surface area contributed by atoms with Crippen LogP contribution in [0, 0.1) is 0 Å². The fourth-order valence-electron chi connectivity index (χ4n) is 2.77. The first-order valence-electron chi connectivity index (χ1n) is 8.03. The molecule has 4 aromatic heterocycles. The van der Waals surface area contributed by atoms with Crippen LogP contribution < -0.4 is 5.32 Å². The third-order valence-corrected chi connectivity index (χ3v) is 4.03. The molecule has 0 fully saturated rings. The van der Waals surface area contributed by atoms with Gasteiger partial charge in [0.1, 0.15) is 11.8 Å². The van der Waals surface area contributed by atoms with Gasteiger partial charge in [-0.05, 0) is 12.1 Å². The van der Waals surface area contributed by atoms with Crippen LogP contribution in [-0.4, -0.2) is 39.7 Å². The number of rotatable bonds is 4. The smallest absolute Gasteiger partial charge is 0.182 e. The highest BCUT2D eigenvalue weighted by atomic mass is 15.4. The van der Waals surface area contributed by atoms with Crippen molar-refractivity contribution in [3.8, 4) is 11.3 Å². The lowest BCUT2D eigenvalue weighted by atomic mass is 10.1. The maximum absolute atomic E-state index is 4.67. The second-order valence-electron chi connectivity index (χ2n) is 5.65. The molecule has 0 atom stereocenters. The van der Waals surface area contributed by atoms with Gasteiger partial charge >= 0.3 is 0 Å². The molecular formula is C17H13N9. The predicted octanol–water partition coefficient (Wildman–Crippen LogP) is 2.07. The molecule has 2 N–H and O–H groups in total. The van der Waals surface area contributed by atoms with E-state index in [2.05, 4.69) is 40.5 Å². The Morgan fingerprint density at radius 1 is 0.962 bits per heavy atom. The average molecular weight is 343 g/mol. The van der Waals surface area contributed by atoms with Crippen molar-refractivity contribution >= 4 is 22.6 Å². The molecular weight excluding hydrogens is 330 g/mol. The zero-order valence-electron chi connectivity index (χ0n) is 13.5. The molecule has 9 heteroatoms. The summed E-state index contributed by atoms with van der Waals surface area (Å²) >= 11 is 0. The molecule has 0 amide bonds. The van der Waals surface area contributed by atoms with Crippen LogP contribution in [0.1, 0.15) is 5.82 Å². The van der Waals surface area contributed by atoms with Crippen LogP contribution in [0.4, 0.5) is 5.82 Å². The Labute approximate surface area is 147 Å². The summed E-state index contributed by atoms with van der Waals surface area (Å²) in [5, 5.41) is 16.3. The minimum atomic E-state index is 0.414. The predicted molar refractivity (Wildman–Crippen MR) is 95.2 cm³/mol. The molecule has 0 saturated carbocycles. The number of hydrogen-bond acceptors (Lipinski definition) is 7. The van der Waals surface area contributed by atoms with Crippen molar-refractivity contribution in [2.75, 3.05) is 5.32 Å². The Morgan fingerprint density at radius 2 is 1.88 bits per heavy atom. The van der Waals surface area contributed by atoms with Gasteiger partial charge in [0.2, 0.25) is 0 Å². The lowest BCUT2D eigenvalue weighted by Gasteiger charge is -2.05. The van der Waals surface area contributed by atoms with Gasteiger partial charge in [0.25, 0.3) is 0 Å². The quantitative estimate of drug-likeness (QED) is 0.514. The van der Waals surface area contributed by atoms with E-state index in [1.54, 1.807) is 10.8 Å². The zero-order valence-corrected chi connectivity index (χ0v) is 13.5. The van der Waals surface area contributed by atoms with E-state index >= 15 is 0 Å². The second kappa shape index (κ2) is 5.88. The maximum atomic E-state index is 4.67. The summed E-state index contributed by atoms with van der Waals surface area (Å²) < 4.78 is 1.74. The van der Waals surface area contributed by atoms with E-state index in [1.807, 2.05) is 42.5 Å². The molecule has 5 aromatic rings. The highest BCUT2D eigenvalue weighted by molar-refractivity contribution is 5.81. The Bertz CT molecular complexity index is 1190. The summed E-state index contributed by atoms with van der Waals surface area (Å²) in [7, 11) is 0. The van der Waals surface area contributed by atoms with Gasteiger partial charge in [0.15, 0.2) is 22.9 Å². The summed E-state index contributed by atoms with van der Waals surface area (Å²) in [5.74, 6) is 1.34. The minimum Gasteiger partial charge on any atom is -0.361 e. The summed E-state index contributed by atoms with van der Waals surface area (Å²) in [5.41, 5.74) is 3.95. The number of imidazole rings is 1. The third-order valence-electron chi connectivity index (χ3n) is 4.03. The molecule has 0 aliphatic rings. The van der Waals surface area contributed by atoms with Gasteiger partial charge in [-0.15, -0.1) is 10.2 Å². The normalized spacial score (nSPS) is 11.2. The highest BCUT2D eigenvalue weighted by Gasteiger charge is 2.11. The molecule has 26 heavy (non-hydrogen) atoms. The molecule has 0 bridgehead atoms. The molecule has 5 rings (SSSR count). The van der Waals surface area contributed by atoms with E-state index in [4.69, 9.17) is 0 Å². The van der Waals surface area contributed by atoms with Crippen LogP contribution in [0.5, 0.6) is 0 Å². The number of aromatic nitrogens is 8. The highest BCUT2D eigenvalue weighted by Crippen LogP contribution is 2.18. The van der Waals surface area contributed by atoms with Crippen LogP contribution in [-0.2, 0) is 6.54 Å². The van der Waals surface area contributed by atoms with Crippen LogP contribution in [0.3, 0.4) is 0 Å². The first-order chi connectivity index (χ1) is 12.9. The van der Waals surface area contributed by atoms with Crippen molar-refractivity contribution in [1.29, 1.82) is 0 Å². The third kappa shape index (κ3) is 2.42. The Morgan fingerprint density at radius 3 is 2.81 bits per heavy atom. The lowest BCUT2D eigenvalue weighted by Crippen LogP contribution is -2.08. The topological polar surface area (TPSA) is 110 Å². The number of fused-ring (bicyclic) bond motifs is 2. The summed E-state index contributed by atoms with van der Waals surface area (Å²) in [6.45, 7) is 0.414. The molecule has 1 aromatic carbocycles. The molecule has 0 saturated heterocycles. The summed E-state index contributed by atoms with van der Waals surface area (Å²) in [4.78, 5) is 15.5. The number of aromatic amines is 1. The number of anilines is 1. The van der Waals surface area contributed by atoms with Gasteiger partial charge in [0.05, 0.1) is 18.6 Å². The SMILES string of the molecule is c1ccc(-c2ccc3nnc(CNc4ncnc5nc[nH]c45)n3n2)cc1. The average Bonchev–Trinajstić information content (AvgIpc) is 3.33. The summed E-state index contributed by atoms with van der Waals surface area (Å²) in [6.07, 6.45) is 3.06. The Balaban J connectivity index is 1.48. The van der Waals surface area contributed by atoms with E-state index in [-0.39, 0.29) is 0 Å². The maximum Gasteiger partial charge on any atom is 0.182 e. The van der Waals surface area contributed by atoms with Crippen molar-refractivity contribution < 1.29 is 0 Å². The lowest BCUT2D eigenvalue weighted by molar-refractivity contribution is 0.830. The molecule has 4 heterocycles. The van der Waals surface area contributed by atoms with Crippen LogP contribution in [0.2, 0.25) is 0 Å². The van der Waals surface area contributed by atoms with Crippen molar-refractivity contribution in [2.24, 2.45) is 0 Å². The number of nitrogens with zero attached hydrogens (tertiary/aromatic N) is 7. The van der Waals surface area contributed by atoms with Gasteiger partial charge in [-0.1, -0.05) is 30.3 Å². The first-order valence-corrected chi connectivity index (χ1v) is 8.03. The van der Waals surface area contributed by atoms with Gasteiger partial charge in [-0.3, -0.25) is 0 Å². The largest absolute Gasteiger partial charge is 0.361 e. The minimum absolute atomic E-state index is 0.414. The molecule has 0 unspecified atom stereocenters. The first kappa shape index (κ1) is 14.5. The van der Waals surface area contributed by atoms with Gasteiger partial charge in [-0.2, -0.15) is 9.61 Å². The van der Waals surface area contributed by atoms with Crippen LogP contribution in [0.25, 0.3) is 28.1 Å². The molecule has 0 spiro atoms. The standard InChI is InChI=1S/C17H13N9/c1-2-4-11(5-3-1)12-6-7-13-23-24-14(26(13)25-12)8-18-16-15-17(20-9-19-15)22-10-21-16/h1-7,9-10H,8H2,(H2,18,19,20,21,22). The summed E-state index contributed by atoms with van der Waals surface area (Å²) in [6, 6.07) is 13.8. The van der Waals surface area contributed by atoms with Gasteiger partial charge in [0, 0.05) is 5.56 Å². The molecule has 126 valence electrons. The van der Waals surface area contributed by atoms with Crippen LogP contribution in [0.15, 0.2) is 55.1 Å². The van der Waals surface area contributed by atoms with E-state index in [0.29, 0.717) is 29.5 Å². The van der Waals surface area contributed by atoms with E-state index < -0.39 is 0 Å². The van der Waals surface area contributed by atoms with Gasteiger partial charge < -0.3 is 10.3 Å². The number of hydrogen-bond donors (Lipinski definition) is 2. The van der Waals surface area contributed by atoms with E-state index in [1.165, 1.54) is 6.33 Å². The second-order valence-corrected chi connectivity index (χ2v) is 5.65. The van der Waals surface area contributed by atoms with Crippen molar-refractivity contribution in [1.82, 2.24) is 39.7 Å². The van der Waals surface area contributed by atoms with Gasteiger partial charge in [-0.25, -0.2) is 15.0 Å². The Hall–Kier alpha value is -3.88. The Kier molecular flexibility index (Phi) is 3.27. The van der Waals surface area contributed by atoms with E-state index in [0.717, 1.165) is 16.8 Å². The monoisotopic (exact) mass is 343 g/mol. The number of nitrogens with one attached hydrogen (secondary N) is 2. The fraction of sp³-hybridized carbons (Fsp3) is 0.0588. The zero-order chi connectivity index (χ0) is 17.3. The van der Waals surface area contributed by atoms with E-state index in [9.17, 15) is 0 Å². The molecule has 0 radical (unpaired) electrons. The molecule has 0 aliphatic heterocycles. The van der Waals surface area contributed by atoms with Crippen molar-refractivity contribution in [3.05, 3.63) is 60.9 Å². The number of benzene rings is 1. The fourth-order valence-corrected chi connectivity index (χ4v) is 2.77. The molecule has 9 nitrogen and oxygen atoms in total. The number of H-pyrrole nitrogens is 1.